The molecule has 4 rings (SSSR count). The van der Waals surface area contributed by atoms with Crippen molar-refractivity contribution >= 4 is 22.5 Å². The number of anilines is 1. The van der Waals surface area contributed by atoms with E-state index >= 15 is 0 Å². The fourth-order valence-electron chi connectivity index (χ4n) is 4.19. The van der Waals surface area contributed by atoms with Crippen LogP contribution in [0.25, 0.3) is 10.9 Å². The third-order valence-corrected chi connectivity index (χ3v) is 5.94. The molecule has 1 amide bonds. The molecule has 0 radical (unpaired) electrons. The summed E-state index contributed by atoms with van der Waals surface area (Å²) in [5.74, 6) is 1.60. The first-order valence-corrected chi connectivity index (χ1v) is 10.7. The van der Waals surface area contributed by atoms with Crippen LogP contribution in [0.4, 0.5) is 5.69 Å². The Hall–Kier alpha value is -3.12. The topological polar surface area (TPSA) is 63.7 Å². The molecular weight excluding hydrogens is 390 g/mol. The number of methoxy groups -OCH3 is 2. The highest BCUT2D eigenvalue weighted by atomic mass is 16.5. The van der Waals surface area contributed by atoms with Crippen molar-refractivity contribution in [1.29, 1.82) is 0 Å². The van der Waals surface area contributed by atoms with Crippen molar-refractivity contribution in [2.24, 2.45) is 5.92 Å². The van der Waals surface area contributed by atoms with E-state index in [0.717, 1.165) is 66.3 Å². The third-order valence-electron chi connectivity index (χ3n) is 5.94. The minimum Gasteiger partial charge on any atom is -0.493 e. The summed E-state index contributed by atoms with van der Waals surface area (Å²) in [6, 6.07) is 15.9. The van der Waals surface area contributed by atoms with E-state index in [-0.39, 0.29) is 11.8 Å². The number of piperidine rings is 1. The summed E-state index contributed by atoms with van der Waals surface area (Å²) < 4.78 is 10.7. The zero-order chi connectivity index (χ0) is 21.8. The number of fused-ring (bicyclic) bond motifs is 1. The summed E-state index contributed by atoms with van der Waals surface area (Å²) in [5, 5.41) is 4.12. The zero-order valence-electron chi connectivity index (χ0n) is 18.4. The summed E-state index contributed by atoms with van der Waals surface area (Å²) >= 11 is 0. The van der Waals surface area contributed by atoms with Crippen molar-refractivity contribution < 1.29 is 14.3 Å². The highest BCUT2D eigenvalue weighted by molar-refractivity contribution is 6.01. The number of carbonyl (C=O) groups excluding carboxylic acids is 1. The molecule has 0 aliphatic carbocycles. The molecule has 0 unspecified atom stereocenters. The van der Waals surface area contributed by atoms with Gasteiger partial charge < -0.3 is 14.8 Å². The van der Waals surface area contributed by atoms with Crippen LogP contribution < -0.4 is 14.8 Å². The van der Waals surface area contributed by atoms with Gasteiger partial charge in [-0.3, -0.25) is 14.7 Å². The largest absolute Gasteiger partial charge is 0.493 e. The van der Waals surface area contributed by atoms with Gasteiger partial charge in [0.05, 0.1) is 25.4 Å². The average Bonchev–Trinajstić information content (AvgIpc) is 2.79. The number of rotatable bonds is 6. The maximum atomic E-state index is 12.9. The minimum absolute atomic E-state index is 0.0234. The highest BCUT2D eigenvalue weighted by Gasteiger charge is 2.25. The molecule has 1 aliphatic heterocycles. The van der Waals surface area contributed by atoms with Crippen LogP contribution in [0.2, 0.25) is 0 Å². The lowest BCUT2D eigenvalue weighted by atomic mass is 9.95. The molecule has 0 bridgehead atoms. The lowest BCUT2D eigenvalue weighted by Crippen LogP contribution is -2.37. The maximum absolute atomic E-state index is 12.9. The lowest BCUT2D eigenvalue weighted by molar-refractivity contribution is -0.121. The Morgan fingerprint density at radius 3 is 2.58 bits per heavy atom. The van der Waals surface area contributed by atoms with Gasteiger partial charge in [0, 0.05) is 23.5 Å². The van der Waals surface area contributed by atoms with Gasteiger partial charge >= 0.3 is 0 Å². The highest BCUT2D eigenvalue weighted by Crippen LogP contribution is 2.29. The number of carbonyl (C=O) groups is 1. The Balaban J connectivity index is 1.35. The van der Waals surface area contributed by atoms with E-state index in [2.05, 4.69) is 21.3 Å². The van der Waals surface area contributed by atoms with Crippen LogP contribution in [0.1, 0.15) is 24.1 Å². The molecule has 1 aromatic heterocycles. The van der Waals surface area contributed by atoms with Gasteiger partial charge in [0.1, 0.15) is 0 Å². The van der Waals surface area contributed by atoms with Crippen LogP contribution in [0, 0.1) is 12.8 Å². The summed E-state index contributed by atoms with van der Waals surface area (Å²) in [5.41, 5.74) is 3.89. The van der Waals surface area contributed by atoms with Crippen LogP contribution in [0.3, 0.4) is 0 Å². The zero-order valence-corrected chi connectivity index (χ0v) is 18.4. The smallest absolute Gasteiger partial charge is 0.227 e. The predicted molar refractivity (Wildman–Crippen MR) is 123 cm³/mol. The van der Waals surface area contributed by atoms with Crippen molar-refractivity contribution in [3.8, 4) is 11.5 Å². The molecule has 2 aromatic carbocycles. The monoisotopic (exact) mass is 419 g/mol. The number of aryl methyl sites for hydroxylation is 1. The summed E-state index contributed by atoms with van der Waals surface area (Å²) in [7, 11) is 3.29. The number of nitrogens with one attached hydrogen (secondary N) is 1. The fourth-order valence-corrected chi connectivity index (χ4v) is 4.19. The SMILES string of the molecule is COc1ccc(CN2CCC(C(=O)Nc3cccc4nc(C)ccc34)CC2)cc1OC. The summed E-state index contributed by atoms with van der Waals surface area (Å²) in [6.07, 6.45) is 1.70. The Morgan fingerprint density at radius 1 is 1.06 bits per heavy atom. The van der Waals surface area contributed by atoms with Crippen molar-refractivity contribution in [2.75, 3.05) is 32.6 Å². The van der Waals surface area contributed by atoms with Crippen LogP contribution in [-0.4, -0.2) is 43.1 Å². The second kappa shape index (κ2) is 9.35. The molecule has 1 saturated heterocycles. The molecule has 0 atom stereocenters. The van der Waals surface area contributed by atoms with E-state index in [1.54, 1.807) is 14.2 Å². The standard InChI is InChI=1S/C25H29N3O3/c1-17-7-9-20-21(26-17)5-4-6-22(20)27-25(29)19-11-13-28(14-12-19)16-18-8-10-23(30-2)24(15-18)31-3/h4-10,15,19H,11-14,16H2,1-3H3,(H,27,29). The van der Waals surface area contributed by atoms with Crippen LogP contribution >= 0.6 is 0 Å². The number of benzene rings is 2. The van der Waals surface area contributed by atoms with Gasteiger partial charge in [0.25, 0.3) is 0 Å². The van der Waals surface area contributed by atoms with Crippen LogP contribution in [0.5, 0.6) is 11.5 Å². The quantitative estimate of drug-likeness (QED) is 0.641. The normalized spacial score (nSPS) is 15.1. The molecule has 6 heteroatoms. The van der Waals surface area contributed by atoms with Crippen molar-refractivity contribution in [3.05, 3.63) is 59.8 Å². The summed E-state index contributed by atoms with van der Waals surface area (Å²) in [6.45, 7) is 4.59. The lowest BCUT2D eigenvalue weighted by Gasteiger charge is -2.31. The molecule has 1 fully saturated rings. The fraction of sp³-hybridized carbons (Fsp3) is 0.360. The number of hydrogen-bond acceptors (Lipinski definition) is 5. The Labute approximate surface area is 183 Å². The van der Waals surface area contributed by atoms with Gasteiger partial charge in [0.15, 0.2) is 11.5 Å². The molecule has 3 aromatic rings. The van der Waals surface area contributed by atoms with E-state index in [1.807, 2.05) is 49.4 Å². The number of aromatic nitrogens is 1. The van der Waals surface area contributed by atoms with Crippen LogP contribution in [-0.2, 0) is 11.3 Å². The van der Waals surface area contributed by atoms with E-state index in [0.29, 0.717) is 0 Å². The third kappa shape index (κ3) is 4.80. The average molecular weight is 420 g/mol. The Morgan fingerprint density at radius 2 is 1.84 bits per heavy atom. The number of nitrogens with zero attached hydrogens (tertiary/aromatic N) is 2. The van der Waals surface area contributed by atoms with E-state index in [4.69, 9.17) is 9.47 Å². The first-order chi connectivity index (χ1) is 15.1. The molecule has 31 heavy (non-hydrogen) atoms. The van der Waals surface area contributed by atoms with Gasteiger partial charge in [-0.2, -0.15) is 0 Å². The van der Waals surface area contributed by atoms with Crippen LogP contribution in [0.15, 0.2) is 48.5 Å². The van der Waals surface area contributed by atoms with E-state index < -0.39 is 0 Å². The van der Waals surface area contributed by atoms with Crippen molar-refractivity contribution in [1.82, 2.24) is 9.88 Å². The van der Waals surface area contributed by atoms with Gasteiger partial charge in [-0.25, -0.2) is 0 Å². The Bertz CT molecular complexity index is 1070. The number of amides is 1. The summed E-state index contributed by atoms with van der Waals surface area (Å²) in [4.78, 5) is 19.9. The van der Waals surface area contributed by atoms with E-state index in [1.165, 1.54) is 5.56 Å². The number of ether oxygens (including phenoxy) is 2. The van der Waals surface area contributed by atoms with Gasteiger partial charge in [-0.15, -0.1) is 0 Å². The number of hydrogen-bond donors (Lipinski definition) is 1. The van der Waals surface area contributed by atoms with Gasteiger partial charge in [-0.05, 0) is 74.8 Å². The predicted octanol–water partition coefficient (Wildman–Crippen LogP) is 4.41. The Kier molecular flexibility index (Phi) is 6.37. The first-order valence-electron chi connectivity index (χ1n) is 10.7. The number of pyridine rings is 1. The molecule has 6 nitrogen and oxygen atoms in total. The van der Waals surface area contributed by atoms with Gasteiger partial charge in [-0.1, -0.05) is 12.1 Å². The number of likely N-dealkylation sites (tertiary alicyclic amines) is 1. The second-order valence-corrected chi connectivity index (χ2v) is 8.05. The first kappa shape index (κ1) is 21.1. The molecule has 0 saturated carbocycles. The maximum Gasteiger partial charge on any atom is 0.227 e. The molecule has 162 valence electrons. The second-order valence-electron chi connectivity index (χ2n) is 8.05. The van der Waals surface area contributed by atoms with Gasteiger partial charge in [0.2, 0.25) is 5.91 Å². The molecule has 1 N–H and O–H groups in total. The molecule has 0 spiro atoms. The molecule has 2 heterocycles. The van der Waals surface area contributed by atoms with Crippen molar-refractivity contribution in [3.63, 3.8) is 0 Å². The molecular formula is C25H29N3O3. The minimum atomic E-state index is 0.0234. The molecule has 1 aliphatic rings. The van der Waals surface area contributed by atoms with E-state index in [9.17, 15) is 4.79 Å². The van der Waals surface area contributed by atoms with Crippen molar-refractivity contribution in [2.45, 2.75) is 26.3 Å².